The Labute approximate surface area is 191 Å². The van der Waals surface area contributed by atoms with Crippen molar-refractivity contribution in [1.29, 1.82) is 0 Å². The van der Waals surface area contributed by atoms with Crippen LogP contribution in [0.4, 0.5) is 18.0 Å². The zero-order valence-corrected chi connectivity index (χ0v) is 19.4. The molecule has 11 heteroatoms. The first-order valence-corrected chi connectivity index (χ1v) is 11.7. The second-order valence-electron chi connectivity index (χ2n) is 9.54. The fourth-order valence-corrected chi connectivity index (χ4v) is 4.77. The summed E-state index contributed by atoms with van der Waals surface area (Å²) in [7, 11) is 0. The summed E-state index contributed by atoms with van der Waals surface area (Å²) in [5, 5.41) is 0. The summed E-state index contributed by atoms with van der Waals surface area (Å²) in [5.74, 6) is 0.760. The van der Waals surface area contributed by atoms with Gasteiger partial charge in [-0.15, -0.1) is 0 Å². The van der Waals surface area contributed by atoms with Crippen molar-refractivity contribution in [2.45, 2.75) is 83.4 Å². The third-order valence-electron chi connectivity index (χ3n) is 7.16. The first-order valence-electron chi connectivity index (χ1n) is 11.7. The van der Waals surface area contributed by atoms with Crippen LogP contribution >= 0.6 is 0 Å². The molecule has 2 amide bonds. The molecule has 1 atom stereocenters. The molecule has 0 spiro atoms. The van der Waals surface area contributed by atoms with E-state index in [0.717, 1.165) is 32.4 Å². The van der Waals surface area contributed by atoms with E-state index in [0.29, 0.717) is 31.1 Å². The van der Waals surface area contributed by atoms with Crippen molar-refractivity contribution in [3.05, 3.63) is 17.7 Å². The van der Waals surface area contributed by atoms with Crippen molar-refractivity contribution in [3.8, 4) is 0 Å². The third-order valence-corrected chi connectivity index (χ3v) is 7.16. The Balaban J connectivity index is 1.39. The first kappa shape index (κ1) is 23.8. The minimum absolute atomic E-state index is 0.151. The van der Waals surface area contributed by atoms with Crippen molar-refractivity contribution >= 4 is 12.0 Å². The molecule has 184 valence electrons. The lowest BCUT2D eigenvalue weighted by Crippen LogP contribution is -2.56. The molecule has 0 radical (unpaired) electrons. The quantitative estimate of drug-likeness (QED) is 0.659. The maximum Gasteiger partial charge on any atom is 0.425 e. The van der Waals surface area contributed by atoms with Gasteiger partial charge in [0.15, 0.2) is 6.10 Å². The van der Waals surface area contributed by atoms with Crippen LogP contribution in [0.25, 0.3) is 0 Å². The summed E-state index contributed by atoms with van der Waals surface area (Å²) in [4.78, 5) is 35.7. The average Bonchev–Trinajstić information content (AvgIpc) is 3.52. The van der Waals surface area contributed by atoms with Gasteiger partial charge in [0.2, 0.25) is 0 Å². The highest BCUT2D eigenvalue weighted by Crippen LogP contribution is 2.32. The van der Waals surface area contributed by atoms with Gasteiger partial charge in [-0.05, 0) is 46.5 Å². The number of imidazole rings is 1. The predicted octanol–water partition coefficient (Wildman–Crippen LogP) is 3.27. The predicted molar refractivity (Wildman–Crippen MR) is 114 cm³/mol. The molecular formula is C22H32F3N5O3. The number of likely N-dealkylation sites (tertiary alicyclic amines) is 1. The van der Waals surface area contributed by atoms with Gasteiger partial charge in [-0.3, -0.25) is 9.69 Å². The minimum Gasteiger partial charge on any atom is -0.437 e. The highest BCUT2D eigenvalue weighted by molar-refractivity contribution is 5.92. The normalized spacial score (nSPS) is 21.9. The number of piperidine rings is 1. The Morgan fingerprint density at radius 1 is 1.24 bits per heavy atom. The molecule has 1 unspecified atom stereocenters. The van der Waals surface area contributed by atoms with E-state index < -0.39 is 23.9 Å². The summed E-state index contributed by atoms with van der Waals surface area (Å²) < 4.78 is 44.7. The van der Waals surface area contributed by atoms with Gasteiger partial charge >= 0.3 is 12.3 Å². The molecule has 2 fully saturated rings. The smallest absolute Gasteiger partial charge is 0.425 e. The molecule has 1 aromatic heterocycles. The van der Waals surface area contributed by atoms with Crippen molar-refractivity contribution in [3.63, 3.8) is 0 Å². The molecule has 8 nitrogen and oxygen atoms in total. The maximum atomic E-state index is 13.4. The van der Waals surface area contributed by atoms with Gasteiger partial charge in [-0.25, -0.2) is 9.78 Å². The number of fused-ring (bicyclic) bond motifs is 1. The molecule has 3 heterocycles. The molecule has 1 saturated carbocycles. The van der Waals surface area contributed by atoms with Crippen molar-refractivity contribution in [2.24, 2.45) is 0 Å². The molecule has 0 bridgehead atoms. The number of carbonyl (C=O) groups excluding carboxylic acids is 2. The summed E-state index contributed by atoms with van der Waals surface area (Å²) in [6, 6.07) is 0.650. The van der Waals surface area contributed by atoms with E-state index >= 15 is 0 Å². The summed E-state index contributed by atoms with van der Waals surface area (Å²) in [6.07, 6.45) is -2.53. The summed E-state index contributed by atoms with van der Waals surface area (Å²) in [5.41, 5.74) is -0.103. The van der Waals surface area contributed by atoms with Crippen molar-refractivity contribution in [1.82, 2.24) is 24.3 Å². The fraction of sp³-hybridized carbons (Fsp3) is 0.773. The van der Waals surface area contributed by atoms with Crippen LogP contribution in [-0.2, 0) is 17.8 Å². The number of amides is 2. The van der Waals surface area contributed by atoms with Crippen LogP contribution in [0.3, 0.4) is 0 Å². The molecule has 2 aliphatic heterocycles. The number of rotatable bonds is 5. The molecule has 0 N–H and O–H groups in total. The standard InChI is InChI=1S/C22H32F3N5O3/c1-4-30(19(31)17-13-29-12-11-28(16-5-6-16)14-18(29)26-17)21(3)7-9-27(10-8-21)20(32)33-15(2)22(23,24)25/h13,15-16H,4-12,14H2,1-3H3. The molecule has 1 aliphatic carbocycles. The number of aromatic nitrogens is 2. The topological polar surface area (TPSA) is 70.9 Å². The number of hydrogen-bond donors (Lipinski definition) is 0. The van der Waals surface area contributed by atoms with Crippen LogP contribution in [0.2, 0.25) is 0 Å². The van der Waals surface area contributed by atoms with Crippen LogP contribution in [0.1, 0.15) is 62.8 Å². The van der Waals surface area contributed by atoms with Crippen LogP contribution in [0, 0.1) is 0 Å². The van der Waals surface area contributed by atoms with Crippen LogP contribution in [-0.4, -0.2) is 86.3 Å². The number of halogens is 3. The van der Waals surface area contributed by atoms with E-state index in [1.54, 1.807) is 4.90 Å². The Kier molecular flexibility index (Phi) is 6.36. The third kappa shape index (κ3) is 4.97. The highest BCUT2D eigenvalue weighted by atomic mass is 19.4. The Morgan fingerprint density at radius 3 is 2.48 bits per heavy atom. The Bertz CT molecular complexity index is 890. The number of carbonyl (C=O) groups is 2. The largest absolute Gasteiger partial charge is 0.437 e. The molecule has 0 aromatic carbocycles. The average molecular weight is 472 g/mol. The van der Waals surface area contributed by atoms with E-state index in [9.17, 15) is 22.8 Å². The number of nitrogens with zero attached hydrogens (tertiary/aromatic N) is 5. The Hall–Kier alpha value is -2.30. The monoisotopic (exact) mass is 471 g/mol. The van der Waals surface area contributed by atoms with Gasteiger partial charge < -0.3 is 19.1 Å². The molecule has 4 rings (SSSR count). The Morgan fingerprint density at radius 2 is 1.91 bits per heavy atom. The van der Waals surface area contributed by atoms with Gasteiger partial charge in [0, 0.05) is 50.5 Å². The van der Waals surface area contributed by atoms with Gasteiger partial charge in [0.1, 0.15) is 11.5 Å². The fourth-order valence-electron chi connectivity index (χ4n) is 4.77. The van der Waals surface area contributed by atoms with Crippen molar-refractivity contribution in [2.75, 3.05) is 26.2 Å². The lowest BCUT2D eigenvalue weighted by atomic mass is 9.87. The summed E-state index contributed by atoms with van der Waals surface area (Å²) in [6.45, 7) is 8.14. The molecule has 3 aliphatic rings. The van der Waals surface area contributed by atoms with E-state index in [4.69, 9.17) is 0 Å². The molecule has 1 aromatic rings. The van der Waals surface area contributed by atoms with Gasteiger partial charge in [0.25, 0.3) is 5.91 Å². The minimum atomic E-state index is -4.59. The number of ether oxygens (including phenoxy) is 1. The zero-order chi connectivity index (χ0) is 24.0. The van der Waals surface area contributed by atoms with Gasteiger partial charge in [-0.1, -0.05) is 0 Å². The van der Waals surface area contributed by atoms with Crippen LogP contribution < -0.4 is 0 Å². The number of hydrogen-bond acceptors (Lipinski definition) is 5. The van der Waals surface area contributed by atoms with E-state index in [-0.39, 0.29) is 19.0 Å². The molecular weight excluding hydrogens is 439 g/mol. The van der Waals surface area contributed by atoms with E-state index in [1.807, 2.05) is 20.0 Å². The first-order chi connectivity index (χ1) is 15.5. The summed E-state index contributed by atoms with van der Waals surface area (Å²) >= 11 is 0. The van der Waals surface area contributed by atoms with Crippen LogP contribution in [0.5, 0.6) is 0 Å². The number of alkyl halides is 3. The lowest BCUT2D eigenvalue weighted by molar-refractivity contribution is -0.200. The lowest BCUT2D eigenvalue weighted by Gasteiger charge is -2.46. The maximum absolute atomic E-state index is 13.4. The van der Waals surface area contributed by atoms with Crippen LogP contribution in [0.15, 0.2) is 6.20 Å². The second-order valence-corrected chi connectivity index (χ2v) is 9.54. The van der Waals surface area contributed by atoms with Gasteiger partial charge in [0.05, 0.1) is 6.54 Å². The second kappa shape index (κ2) is 8.81. The van der Waals surface area contributed by atoms with E-state index in [1.165, 1.54) is 17.7 Å². The SMILES string of the molecule is CCN(C(=O)c1cn2c(n1)CN(C1CC1)CC2)C1(C)CCN(C(=O)OC(C)C(F)(F)F)CC1. The van der Waals surface area contributed by atoms with E-state index in [2.05, 4.69) is 19.2 Å². The highest BCUT2D eigenvalue weighted by Gasteiger charge is 2.43. The van der Waals surface area contributed by atoms with Gasteiger partial charge in [-0.2, -0.15) is 13.2 Å². The molecule has 33 heavy (non-hydrogen) atoms. The van der Waals surface area contributed by atoms with Crippen molar-refractivity contribution < 1.29 is 27.5 Å². The zero-order valence-electron chi connectivity index (χ0n) is 19.4. The molecule has 1 saturated heterocycles.